The van der Waals surface area contributed by atoms with Gasteiger partial charge in [-0.1, -0.05) is 24.3 Å². The lowest BCUT2D eigenvalue weighted by Crippen LogP contribution is -2.32. The van der Waals surface area contributed by atoms with Gasteiger partial charge in [0.05, 0.1) is 30.2 Å². The summed E-state index contributed by atoms with van der Waals surface area (Å²) in [6.45, 7) is 0.326. The molecule has 0 atom stereocenters. The summed E-state index contributed by atoms with van der Waals surface area (Å²) in [4.78, 5) is 33.9. The van der Waals surface area contributed by atoms with Gasteiger partial charge in [0.25, 0.3) is 6.01 Å². The Morgan fingerprint density at radius 2 is 1.94 bits per heavy atom. The van der Waals surface area contributed by atoms with E-state index in [9.17, 15) is 9.59 Å². The number of amides is 3. The van der Waals surface area contributed by atoms with Gasteiger partial charge in [0.1, 0.15) is 6.26 Å². The summed E-state index contributed by atoms with van der Waals surface area (Å²) in [6.07, 6.45) is 4.60. The van der Waals surface area contributed by atoms with Crippen molar-refractivity contribution in [1.82, 2.24) is 20.2 Å². The molecule has 0 aliphatic rings. The number of benzene rings is 2. The summed E-state index contributed by atoms with van der Waals surface area (Å²) in [5, 5.41) is 8.39. The average Bonchev–Trinajstić information content (AvgIpc) is 3.56. The van der Waals surface area contributed by atoms with Crippen molar-refractivity contribution in [3.05, 3.63) is 66.7 Å². The second-order valence-corrected chi connectivity index (χ2v) is 7.57. The first kappa shape index (κ1) is 23.5. The second kappa shape index (κ2) is 10.5. The minimum Gasteiger partial charge on any atom is -0.444 e. The highest BCUT2D eigenvalue weighted by Crippen LogP contribution is 2.32. The fourth-order valence-electron chi connectivity index (χ4n) is 3.43. The van der Waals surface area contributed by atoms with Gasteiger partial charge in [0.2, 0.25) is 11.8 Å². The highest BCUT2D eigenvalue weighted by atomic mass is 16.4. The number of urea groups is 1. The van der Waals surface area contributed by atoms with Crippen molar-refractivity contribution in [3.63, 3.8) is 0 Å². The second-order valence-electron chi connectivity index (χ2n) is 7.57. The van der Waals surface area contributed by atoms with Crippen LogP contribution < -0.4 is 21.7 Å². The first-order chi connectivity index (χ1) is 17.0. The highest BCUT2D eigenvalue weighted by Gasteiger charge is 2.16. The van der Waals surface area contributed by atoms with Crippen molar-refractivity contribution in [2.75, 3.05) is 31.3 Å². The number of carbonyl (C=O) groups excluding carboxylic acids is 2. The summed E-state index contributed by atoms with van der Waals surface area (Å²) < 4.78 is 11.3. The van der Waals surface area contributed by atoms with Crippen LogP contribution in [0.25, 0.3) is 22.8 Å². The Hall–Kier alpha value is -4.64. The molecule has 0 radical (unpaired) electrons. The molecule has 11 nitrogen and oxygen atoms in total. The van der Waals surface area contributed by atoms with Crippen molar-refractivity contribution >= 4 is 29.3 Å². The standard InChI is InChI=1S/C24H25N7O4/c1-26-23(33)30-19-11-16(7-8-18(19)22-27-9-10-34-22)29-24-28-13-20(35-24)17-6-4-3-5-15(17)14-31(2)21(32)12-25/h3-11,13H,12,14,25H2,1-2H3,(H,28,29)(H2,26,30,33). The quantitative estimate of drug-likeness (QED) is 0.303. The number of nitrogens with one attached hydrogen (secondary N) is 3. The van der Waals surface area contributed by atoms with Gasteiger partial charge in [-0.25, -0.2) is 14.8 Å². The van der Waals surface area contributed by atoms with Gasteiger partial charge >= 0.3 is 6.03 Å². The number of nitrogens with two attached hydrogens (primary N) is 1. The van der Waals surface area contributed by atoms with Crippen molar-refractivity contribution in [3.8, 4) is 22.8 Å². The lowest BCUT2D eigenvalue weighted by Gasteiger charge is -2.17. The van der Waals surface area contributed by atoms with E-state index >= 15 is 0 Å². The van der Waals surface area contributed by atoms with Gasteiger partial charge in [0.15, 0.2) is 5.76 Å². The third-order valence-electron chi connectivity index (χ3n) is 5.21. The Morgan fingerprint density at radius 1 is 1.11 bits per heavy atom. The molecule has 0 aliphatic carbocycles. The van der Waals surface area contributed by atoms with Crippen LogP contribution in [0.2, 0.25) is 0 Å². The van der Waals surface area contributed by atoms with E-state index in [0.29, 0.717) is 35.1 Å². The van der Waals surface area contributed by atoms with Gasteiger partial charge < -0.3 is 35.4 Å². The number of anilines is 3. The van der Waals surface area contributed by atoms with E-state index in [1.165, 1.54) is 19.5 Å². The van der Waals surface area contributed by atoms with Crippen LogP contribution in [0.3, 0.4) is 0 Å². The lowest BCUT2D eigenvalue weighted by molar-refractivity contribution is -0.128. The van der Waals surface area contributed by atoms with Gasteiger partial charge in [0, 0.05) is 31.9 Å². The van der Waals surface area contributed by atoms with E-state index in [-0.39, 0.29) is 24.5 Å². The van der Waals surface area contributed by atoms with Crippen LogP contribution in [0.15, 0.2) is 70.0 Å². The highest BCUT2D eigenvalue weighted by molar-refractivity contribution is 5.94. The predicted octanol–water partition coefficient (Wildman–Crippen LogP) is 3.41. The Balaban J connectivity index is 1.57. The zero-order valence-corrected chi connectivity index (χ0v) is 19.2. The number of oxazole rings is 2. The number of hydrogen-bond acceptors (Lipinski definition) is 8. The number of carbonyl (C=O) groups is 2. The minimum absolute atomic E-state index is 0.0550. The summed E-state index contributed by atoms with van der Waals surface area (Å²) in [5.74, 6) is 0.752. The van der Waals surface area contributed by atoms with Crippen LogP contribution in [0.5, 0.6) is 0 Å². The van der Waals surface area contributed by atoms with E-state index < -0.39 is 0 Å². The molecule has 0 spiro atoms. The van der Waals surface area contributed by atoms with Crippen LogP contribution in [-0.2, 0) is 11.3 Å². The van der Waals surface area contributed by atoms with E-state index in [1.54, 1.807) is 36.3 Å². The molecule has 35 heavy (non-hydrogen) atoms. The third-order valence-corrected chi connectivity index (χ3v) is 5.21. The number of aromatic nitrogens is 2. The topological polar surface area (TPSA) is 152 Å². The van der Waals surface area contributed by atoms with Gasteiger partial charge in [-0.15, -0.1) is 0 Å². The third kappa shape index (κ3) is 5.47. The zero-order chi connectivity index (χ0) is 24.8. The zero-order valence-electron chi connectivity index (χ0n) is 19.2. The smallest absolute Gasteiger partial charge is 0.318 e. The Bertz CT molecular complexity index is 1320. The van der Waals surface area contributed by atoms with Crippen LogP contribution in [-0.4, -0.2) is 47.4 Å². The molecule has 0 bridgehead atoms. The van der Waals surface area contributed by atoms with Gasteiger partial charge in [-0.3, -0.25) is 4.79 Å². The molecule has 2 aromatic carbocycles. The Morgan fingerprint density at radius 3 is 2.69 bits per heavy atom. The van der Waals surface area contributed by atoms with Crippen LogP contribution >= 0.6 is 0 Å². The van der Waals surface area contributed by atoms with Crippen LogP contribution in [0.1, 0.15) is 5.56 Å². The minimum atomic E-state index is -0.386. The molecule has 0 saturated carbocycles. The van der Waals surface area contributed by atoms with Crippen molar-refractivity contribution < 1.29 is 18.4 Å². The first-order valence-corrected chi connectivity index (χ1v) is 10.8. The summed E-state index contributed by atoms with van der Waals surface area (Å²) >= 11 is 0. The Kier molecular flexibility index (Phi) is 7.07. The van der Waals surface area contributed by atoms with Gasteiger partial charge in [-0.2, -0.15) is 0 Å². The molecule has 0 saturated heterocycles. The molecule has 3 amide bonds. The first-order valence-electron chi connectivity index (χ1n) is 10.8. The molecular weight excluding hydrogens is 450 g/mol. The lowest BCUT2D eigenvalue weighted by atomic mass is 10.1. The van der Waals surface area contributed by atoms with Crippen LogP contribution in [0.4, 0.5) is 22.2 Å². The molecule has 2 heterocycles. The molecule has 180 valence electrons. The van der Waals surface area contributed by atoms with E-state index in [2.05, 4.69) is 25.9 Å². The molecule has 0 unspecified atom stereocenters. The van der Waals surface area contributed by atoms with Crippen molar-refractivity contribution in [2.45, 2.75) is 6.54 Å². The monoisotopic (exact) mass is 475 g/mol. The summed E-state index contributed by atoms with van der Waals surface area (Å²) in [7, 11) is 3.23. The fraction of sp³-hybridized carbons (Fsp3) is 0.167. The summed E-state index contributed by atoms with van der Waals surface area (Å²) in [5.41, 5.74) is 8.90. The van der Waals surface area contributed by atoms with Crippen molar-refractivity contribution in [1.29, 1.82) is 0 Å². The molecule has 2 aromatic heterocycles. The van der Waals surface area contributed by atoms with E-state index in [0.717, 1.165) is 11.1 Å². The number of rotatable bonds is 8. The predicted molar refractivity (Wildman–Crippen MR) is 131 cm³/mol. The number of likely N-dealkylation sites (N-methyl/N-ethyl adjacent to an activating group) is 1. The molecule has 0 fully saturated rings. The number of nitrogens with zero attached hydrogens (tertiary/aromatic N) is 3. The largest absolute Gasteiger partial charge is 0.444 e. The maximum atomic E-state index is 11.9. The molecule has 4 rings (SSSR count). The maximum Gasteiger partial charge on any atom is 0.318 e. The fourth-order valence-corrected chi connectivity index (χ4v) is 3.43. The summed E-state index contributed by atoms with van der Waals surface area (Å²) in [6, 6.07) is 12.8. The molecule has 5 N–H and O–H groups in total. The van der Waals surface area contributed by atoms with Crippen LogP contribution in [0, 0.1) is 0 Å². The normalized spacial score (nSPS) is 10.6. The average molecular weight is 476 g/mol. The Labute approximate surface area is 201 Å². The maximum absolute atomic E-state index is 11.9. The molecule has 0 aliphatic heterocycles. The number of hydrogen-bond donors (Lipinski definition) is 4. The van der Waals surface area contributed by atoms with Gasteiger partial charge in [-0.05, 0) is 23.8 Å². The van der Waals surface area contributed by atoms with E-state index in [1.807, 2.05) is 24.3 Å². The molecular formula is C24H25N7O4. The molecule has 4 aromatic rings. The SMILES string of the molecule is CNC(=O)Nc1cc(Nc2ncc(-c3ccccc3CN(C)C(=O)CN)o2)ccc1-c1ncco1. The van der Waals surface area contributed by atoms with E-state index in [4.69, 9.17) is 14.6 Å². The molecule has 11 heteroatoms. The van der Waals surface area contributed by atoms with Crippen molar-refractivity contribution in [2.24, 2.45) is 5.73 Å².